The number of halogens is 1. The van der Waals surface area contributed by atoms with Crippen LogP contribution in [0.4, 0.5) is 4.39 Å². The number of fused-ring (bicyclic) bond motifs is 1. The summed E-state index contributed by atoms with van der Waals surface area (Å²) in [6.45, 7) is 0.954. The summed E-state index contributed by atoms with van der Waals surface area (Å²) in [6.07, 6.45) is 2.22. The molecule has 16 heavy (non-hydrogen) atoms. The average Bonchev–Trinajstić information content (AvgIpc) is 2.92. The molecular weight excluding hydrogens is 225 g/mol. The van der Waals surface area contributed by atoms with Crippen LogP contribution in [0.15, 0.2) is 29.2 Å². The van der Waals surface area contributed by atoms with E-state index in [1.165, 1.54) is 30.5 Å². The summed E-state index contributed by atoms with van der Waals surface area (Å²) >= 11 is 1.49. The van der Waals surface area contributed by atoms with Crippen molar-refractivity contribution in [3.63, 3.8) is 0 Å². The number of piperidine rings is 1. The number of hydrogen-bond acceptors (Lipinski definition) is 3. The van der Waals surface area contributed by atoms with Gasteiger partial charge in [0.15, 0.2) is 0 Å². The van der Waals surface area contributed by atoms with Gasteiger partial charge in [-0.25, -0.2) is 8.70 Å². The molecule has 0 spiro atoms. The van der Waals surface area contributed by atoms with Crippen molar-refractivity contribution in [3.8, 4) is 0 Å². The van der Waals surface area contributed by atoms with E-state index in [0.717, 1.165) is 17.7 Å². The molecule has 2 fully saturated rings. The summed E-state index contributed by atoms with van der Waals surface area (Å²) in [5, 5.41) is 0. The molecule has 1 saturated carbocycles. The molecule has 3 unspecified atom stereocenters. The van der Waals surface area contributed by atoms with Crippen molar-refractivity contribution in [3.05, 3.63) is 30.1 Å². The van der Waals surface area contributed by atoms with Crippen molar-refractivity contribution in [2.24, 2.45) is 11.8 Å². The van der Waals surface area contributed by atoms with Gasteiger partial charge in [0, 0.05) is 11.4 Å². The molecule has 1 aliphatic carbocycles. The zero-order valence-corrected chi connectivity index (χ0v) is 9.49. The summed E-state index contributed by atoms with van der Waals surface area (Å²) in [5.74, 6) is 1.02. The van der Waals surface area contributed by atoms with Crippen LogP contribution in [0, 0.1) is 17.7 Å². The molecule has 84 valence electrons. The van der Waals surface area contributed by atoms with Crippen LogP contribution in [0.25, 0.3) is 0 Å². The molecule has 0 amide bonds. The van der Waals surface area contributed by atoms with Gasteiger partial charge >= 0.3 is 0 Å². The Bertz CT molecular complexity index is 425. The quantitative estimate of drug-likeness (QED) is 0.594. The highest BCUT2D eigenvalue weighted by molar-refractivity contribution is 7.97. The van der Waals surface area contributed by atoms with Crippen molar-refractivity contribution in [1.29, 1.82) is 0 Å². The maximum absolute atomic E-state index is 13.0. The smallest absolute Gasteiger partial charge is 0.138 e. The molecule has 1 aliphatic heterocycles. The molecule has 1 saturated heterocycles. The van der Waals surface area contributed by atoms with Gasteiger partial charge in [-0.2, -0.15) is 0 Å². The van der Waals surface area contributed by atoms with Crippen LogP contribution < -0.4 is 0 Å². The molecule has 0 bridgehead atoms. The summed E-state index contributed by atoms with van der Waals surface area (Å²) < 4.78 is 15.1. The van der Waals surface area contributed by atoms with Crippen LogP contribution in [-0.2, 0) is 4.79 Å². The van der Waals surface area contributed by atoms with Crippen LogP contribution in [0.5, 0.6) is 0 Å². The molecule has 3 rings (SSSR count). The van der Waals surface area contributed by atoms with Gasteiger partial charge in [-0.15, -0.1) is 0 Å². The number of benzene rings is 1. The number of hydrogen-bond donors (Lipinski definition) is 0. The lowest BCUT2D eigenvalue weighted by molar-refractivity contribution is -0.110. The Balaban J connectivity index is 1.73. The summed E-state index contributed by atoms with van der Waals surface area (Å²) in [4.78, 5) is 11.9. The average molecular weight is 237 g/mol. The minimum Gasteiger partial charge on any atom is -0.302 e. The molecular formula is C12H12FNOS. The minimum absolute atomic E-state index is 0.0262. The van der Waals surface area contributed by atoms with Gasteiger partial charge in [0.05, 0.1) is 6.04 Å². The number of rotatable bonds is 3. The topological polar surface area (TPSA) is 20.3 Å². The Morgan fingerprint density at radius 1 is 1.50 bits per heavy atom. The molecule has 1 aromatic carbocycles. The van der Waals surface area contributed by atoms with E-state index in [9.17, 15) is 9.18 Å². The van der Waals surface area contributed by atoms with Gasteiger partial charge in [-0.3, -0.25) is 0 Å². The number of carbonyl (C=O) groups excluding carboxylic acids is 1. The van der Waals surface area contributed by atoms with E-state index < -0.39 is 0 Å². The largest absolute Gasteiger partial charge is 0.302 e. The van der Waals surface area contributed by atoms with Gasteiger partial charge in [0.25, 0.3) is 0 Å². The molecule has 0 N–H and O–H groups in total. The number of nitrogens with zero attached hydrogens (tertiary/aromatic N) is 1. The highest BCUT2D eigenvalue weighted by atomic mass is 32.2. The number of aldehydes is 1. The first kappa shape index (κ1) is 10.3. The van der Waals surface area contributed by atoms with Crippen LogP contribution in [0.2, 0.25) is 0 Å². The highest BCUT2D eigenvalue weighted by Gasteiger charge is 2.52. The third-order valence-corrected chi connectivity index (χ3v) is 4.41. The second-order valence-electron chi connectivity index (χ2n) is 4.43. The fourth-order valence-corrected chi connectivity index (χ4v) is 3.56. The lowest BCUT2D eigenvalue weighted by Crippen LogP contribution is -2.28. The molecule has 0 radical (unpaired) electrons. The van der Waals surface area contributed by atoms with Crippen molar-refractivity contribution >= 4 is 18.2 Å². The molecule has 2 nitrogen and oxygen atoms in total. The van der Waals surface area contributed by atoms with Gasteiger partial charge in [-0.05, 0) is 48.4 Å². The highest BCUT2D eigenvalue weighted by Crippen LogP contribution is 2.51. The first-order valence-electron chi connectivity index (χ1n) is 5.43. The van der Waals surface area contributed by atoms with Gasteiger partial charge in [-0.1, -0.05) is 6.07 Å². The van der Waals surface area contributed by atoms with E-state index in [0.29, 0.717) is 11.8 Å². The second-order valence-corrected chi connectivity index (χ2v) is 5.56. The van der Waals surface area contributed by atoms with E-state index in [-0.39, 0.29) is 11.9 Å². The zero-order chi connectivity index (χ0) is 11.1. The Labute approximate surface area is 98.0 Å². The lowest BCUT2D eigenvalue weighted by atomic mass is 10.2. The SMILES string of the molecule is O=CC1C2CC2CN1Sc1cccc(F)c1. The van der Waals surface area contributed by atoms with E-state index in [1.807, 2.05) is 6.07 Å². The summed E-state index contributed by atoms with van der Waals surface area (Å²) in [6, 6.07) is 6.54. The Hall–Kier alpha value is -0.870. The van der Waals surface area contributed by atoms with Crippen LogP contribution in [0.3, 0.4) is 0 Å². The van der Waals surface area contributed by atoms with E-state index in [2.05, 4.69) is 4.31 Å². The van der Waals surface area contributed by atoms with Crippen LogP contribution in [-0.4, -0.2) is 23.2 Å². The standard InChI is InChI=1S/C12H12FNOS/c13-9-2-1-3-10(5-9)16-14-6-8-4-11(8)12(14)7-15/h1-3,5,7-8,11-12H,4,6H2. The zero-order valence-electron chi connectivity index (χ0n) is 8.67. The van der Waals surface area contributed by atoms with Crippen molar-refractivity contribution in [2.75, 3.05) is 6.54 Å². The van der Waals surface area contributed by atoms with Gasteiger partial charge in [0.2, 0.25) is 0 Å². The third kappa shape index (κ3) is 1.76. The predicted octanol–water partition coefficient (Wildman–Crippen LogP) is 2.35. The fraction of sp³-hybridized carbons (Fsp3) is 0.417. The third-order valence-electron chi connectivity index (χ3n) is 3.32. The summed E-state index contributed by atoms with van der Waals surface area (Å²) in [7, 11) is 0. The van der Waals surface area contributed by atoms with Gasteiger partial charge < -0.3 is 4.79 Å². The molecule has 1 heterocycles. The normalized spacial score (nSPS) is 32.4. The van der Waals surface area contributed by atoms with Crippen molar-refractivity contribution in [1.82, 2.24) is 4.31 Å². The monoisotopic (exact) mass is 237 g/mol. The summed E-state index contributed by atoms with van der Waals surface area (Å²) in [5.41, 5.74) is 0. The Morgan fingerprint density at radius 2 is 2.38 bits per heavy atom. The molecule has 1 aromatic rings. The van der Waals surface area contributed by atoms with E-state index in [4.69, 9.17) is 0 Å². The van der Waals surface area contributed by atoms with E-state index >= 15 is 0 Å². The maximum Gasteiger partial charge on any atom is 0.138 e. The van der Waals surface area contributed by atoms with Crippen LogP contribution in [0.1, 0.15) is 6.42 Å². The van der Waals surface area contributed by atoms with Gasteiger partial charge in [0.1, 0.15) is 12.1 Å². The fourth-order valence-electron chi connectivity index (χ4n) is 2.39. The Kier molecular flexibility index (Phi) is 2.48. The molecule has 4 heteroatoms. The van der Waals surface area contributed by atoms with Crippen molar-refractivity contribution in [2.45, 2.75) is 17.4 Å². The lowest BCUT2D eigenvalue weighted by Gasteiger charge is -2.21. The Morgan fingerprint density at radius 3 is 3.12 bits per heavy atom. The molecule has 0 aromatic heterocycles. The molecule has 3 atom stereocenters. The first-order valence-corrected chi connectivity index (χ1v) is 6.21. The molecule has 2 aliphatic rings. The first-order chi connectivity index (χ1) is 7.78. The second kappa shape index (κ2) is 3.86. The maximum atomic E-state index is 13.0. The van der Waals surface area contributed by atoms with Crippen LogP contribution >= 0.6 is 11.9 Å². The minimum atomic E-state index is -0.225. The van der Waals surface area contributed by atoms with E-state index in [1.54, 1.807) is 6.07 Å². The number of carbonyl (C=O) groups is 1. The van der Waals surface area contributed by atoms with Crippen molar-refractivity contribution < 1.29 is 9.18 Å². The predicted molar refractivity (Wildman–Crippen MR) is 60.4 cm³/mol.